The van der Waals surface area contributed by atoms with Crippen molar-refractivity contribution in [3.05, 3.63) is 56.7 Å². The van der Waals surface area contributed by atoms with Crippen molar-refractivity contribution in [2.24, 2.45) is 0 Å². The molecule has 0 aliphatic carbocycles. The molecule has 0 aliphatic rings. The molecule has 2 rings (SSSR count). The van der Waals surface area contributed by atoms with Crippen LogP contribution in [0, 0.1) is 0 Å². The predicted octanol–water partition coefficient (Wildman–Crippen LogP) is 3.26. The van der Waals surface area contributed by atoms with Gasteiger partial charge in [-0.15, -0.1) is 11.3 Å². The van der Waals surface area contributed by atoms with Crippen molar-refractivity contribution in [1.82, 2.24) is 10.2 Å². The fourth-order valence-corrected chi connectivity index (χ4v) is 2.93. The fourth-order valence-electron chi connectivity index (χ4n) is 1.87. The Morgan fingerprint density at radius 3 is 2.80 bits per heavy atom. The zero-order chi connectivity index (χ0) is 14.4. The number of hydrogen-bond acceptors (Lipinski definition) is 3. The van der Waals surface area contributed by atoms with Gasteiger partial charge < -0.3 is 5.32 Å². The van der Waals surface area contributed by atoms with E-state index in [4.69, 9.17) is 0 Å². The number of nitrogens with zero attached hydrogens (tertiary/aromatic N) is 1. The van der Waals surface area contributed by atoms with Crippen LogP contribution in [0.1, 0.15) is 10.4 Å². The summed E-state index contributed by atoms with van der Waals surface area (Å²) in [4.78, 5) is 15.0. The van der Waals surface area contributed by atoms with Gasteiger partial charge in [-0.1, -0.05) is 40.2 Å². The van der Waals surface area contributed by atoms with Gasteiger partial charge >= 0.3 is 0 Å². The molecule has 0 radical (unpaired) electrons. The predicted molar refractivity (Wildman–Crippen MR) is 86.6 cm³/mol. The number of nitrogens with one attached hydrogen (secondary N) is 1. The average Bonchev–Trinajstić information content (AvgIpc) is 2.92. The molecule has 0 unspecified atom stereocenters. The second-order valence-electron chi connectivity index (χ2n) is 4.62. The summed E-state index contributed by atoms with van der Waals surface area (Å²) in [5.41, 5.74) is 1.18. The molecule has 0 spiro atoms. The number of carbonyl (C=O) groups excluding carboxylic acids is 1. The van der Waals surface area contributed by atoms with Crippen LogP contribution in [0.5, 0.6) is 0 Å². The van der Waals surface area contributed by atoms with Gasteiger partial charge in [0, 0.05) is 15.9 Å². The Bertz CT molecular complexity index is 557. The van der Waals surface area contributed by atoms with E-state index in [1.807, 2.05) is 47.7 Å². The van der Waals surface area contributed by atoms with Crippen LogP contribution in [0.25, 0.3) is 0 Å². The first-order valence-electron chi connectivity index (χ1n) is 6.36. The van der Waals surface area contributed by atoms with Crippen molar-refractivity contribution in [2.45, 2.75) is 13.1 Å². The van der Waals surface area contributed by atoms with Gasteiger partial charge in [0.15, 0.2) is 0 Å². The first kappa shape index (κ1) is 15.2. The highest BCUT2D eigenvalue weighted by molar-refractivity contribution is 9.10. The van der Waals surface area contributed by atoms with E-state index in [0.29, 0.717) is 13.1 Å². The van der Waals surface area contributed by atoms with Gasteiger partial charge in [-0.05, 0) is 30.1 Å². The van der Waals surface area contributed by atoms with Gasteiger partial charge in [0.25, 0.3) is 0 Å². The lowest BCUT2D eigenvalue weighted by Gasteiger charge is -2.17. The summed E-state index contributed by atoms with van der Waals surface area (Å²) >= 11 is 5.18. The topological polar surface area (TPSA) is 32.3 Å². The standard InChI is InChI=1S/C15H17BrN2OS/c1-18(10-12-5-2-3-7-14(12)16)11-15(19)17-9-13-6-4-8-20-13/h2-8H,9-11H2,1H3,(H,17,19). The zero-order valence-corrected chi connectivity index (χ0v) is 13.7. The summed E-state index contributed by atoms with van der Waals surface area (Å²) in [6.45, 7) is 1.75. The van der Waals surface area contributed by atoms with Crippen molar-refractivity contribution in [1.29, 1.82) is 0 Å². The van der Waals surface area contributed by atoms with Gasteiger partial charge in [0.1, 0.15) is 0 Å². The Balaban J connectivity index is 1.78. The third kappa shape index (κ3) is 4.74. The number of benzene rings is 1. The Morgan fingerprint density at radius 2 is 2.10 bits per heavy atom. The van der Waals surface area contributed by atoms with Gasteiger partial charge in [-0.3, -0.25) is 9.69 Å². The van der Waals surface area contributed by atoms with Crippen molar-refractivity contribution >= 4 is 33.2 Å². The molecule has 0 fully saturated rings. The Kier molecular flexibility index (Phi) is 5.76. The maximum atomic E-state index is 11.9. The summed E-state index contributed by atoms with van der Waals surface area (Å²) in [5, 5.41) is 4.95. The molecule has 2 aromatic rings. The molecule has 1 amide bonds. The first-order valence-corrected chi connectivity index (χ1v) is 8.03. The van der Waals surface area contributed by atoms with Gasteiger partial charge in [-0.25, -0.2) is 0 Å². The van der Waals surface area contributed by atoms with E-state index < -0.39 is 0 Å². The van der Waals surface area contributed by atoms with Crippen LogP contribution in [-0.4, -0.2) is 24.4 Å². The Labute approximate surface area is 131 Å². The van der Waals surface area contributed by atoms with Crippen LogP contribution in [0.2, 0.25) is 0 Å². The minimum absolute atomic E-state index is 0.0490. The molecule has 1 heterocycles. The van der Waals surface area contributed by atoms with Crippen LogP contribution in [0.4, 0.5) is 0 Å². The van der Waals surface area contributed by atoms with Crippen molar-refractivity contribution in [3.63, 3.8) is 0 Å². The molecular formula is C15H17BrN2OS. The van der Waals surface area contributed by atoms with E-state index >= 15 is 0 Å². The molecule has 5 heteroatoms. The number of carbonyl (C=O) groups is 1. The lowest BCUT2D eigenvalue weighted by Crippen LogP contribution is -2.34. The minimum Gasteiger partial charge on any atom is -0.350 e. The number of hydrogen-bond donors (Lipinski definition) is 1. The van der Waals surface area contributed by atoms with Crippen LogP contribution < -0.4 is 5.32 Å². The third-order valence-electron chi connectivity index (χ3n) is 2.85. The second-order valence-corrected chi connectivity index (χ2v) is 6.51. The highest BCUT2D eigenvalue weighted by atomic mass is 79.9. The summed E-state index contributed by atoms with van der Waals surface area (Å²) in [7, 11) is 1.95. The summed E-state index contributed by atoms with van der Waals surface area (Å²) in [5.74, 6) is 0.0490. The van der Waals surface area contributed by atoms with E-state index in [-0.39, 0.29) is 5.91 Å². The van der Waals surface area contributed by atoms with Crippen molar-refractivity contribution in [3.8, 4) is 0 Å². The number of amides is 1. The lowest BCUT2D eigenvalue weighted by molar-refractivity contribution is -0.122. The highest BCUT2D eigenvalue weighted by Gasteiger charge is 2.08. The second kappa shape index (κ2) is 7.57. The highest BCUT2D eigenvalue weighted by Crippen LogP contribution is 2.17. The summed E-state index contributed by atoms with van der Waals surface area (Å²) < 4.78 is 1.07. The normalized spacial score (nSPS) is 10.8. The van der Waals surface area contributed by atoms with E-state index in [1.54, 1.807) is 11.3 Å². The molecule has 1 aromatic carbocycles. The van der Waals surface area contributed by atoms with E-state index in [2.05, 4.69) is 27.3 Å². The largest absolute Gasteiger partial charge is 0.350 e. The van der Waals surface area contributed by atoms with E-state index in [9.17, 15) is 4.79 Å². The average molecular weight is 353 g/mol. The molecule has 0 aliphatic heterocycles. The Morgan fingerprint density at radius 1 is 1.30 bits per heavy atom. The molecule has 1 N–H and O–H groups in total. The summed E-state index contributed by atoms with van der Waals surface area (Å²) in [6.07, 6.45) is 0. The van der Waals surface area contributed by atoms with Gasteiger partial charge in [0.05, 0.1) is 13.1 Å². The molecule has 1 aromatic heterocycles. The van der Waals surface area contributed by atoms with Crippen LogP contribution in [-0.2, 0) is 17.9 Å². The fraction of sp³-hybridized carbons (Fsp3) is 0.267. The number of halogens is 1. The van der Waals surface area contributed by atoms with E-state index in [0.717, 1.165) is 11.0 Å². The molecule has 0 bridgehead atoms. The van der Waals surface area contributed by atoms with Crippen LogP contribution in [0.3, 0.4) is 0 Å². The first-order chi connectivity index (χ1) is 9.65. The quantitative estimate of drug-likeness (QED) is 0.865. The molecule has 3 nitrogen and oxygen atoms in total. The maximum Gasteiger partial charge on any atom is 0.234 e. The van der Waals surface area contributed by atoms with Crippen molar-refractivity contribution < 1.29 is 4.79 Å². The molecule has 0 saturated heterocycles. The zero-order valence-electron chi connectivity index (χ0n) is 11.3. The minimum atomic E-state index is 0.0490. The maximum absolute atomic E-state index is 11.9. The molecule has 106 valence electrons. The Hall–Kier alpha value is -1.17. The molecular weight excluding hydrogens is 336 g/mol. The number of thiophene rings is 1. The number of likely N-dealkylation sites (N-methyl/N-ethyl adjacent to an activating group) is 1. The van der Waals surface area contributed by atoms with Crippen LogP contribution in [0.15, 0.2) is 46.3 Å². The van der Waals surface area contributed by atoms with Gasteiger partial charge in [0.2, 0.25) is 5.91 Å². The van der Waals surface area contributed by atoms with Crippen molar-refractivity contribution in [2.75, 3.05) is 13.6 Å². The molecule has 0 saturated carbocycles. The summed E-state index contributed by atoms with van der Waals surface area (Å²) in [6, 6.07) is 12.1. The molecule has 20 heavy (non-hydrogen) atoms. The SMILES string of the molecule is CN(CC(=O)NCc1cccs1)Cc1ccccc1Br. The van der Waals surface area contributed by atoms with E-state index in [1.165, 1.54) is 10.4 Å². The van der Waals surface area contributed by atoms with Crippen LogP contribution >= 0.6 is 27.3 Å². The number of rotatable bonds is 6. The van der Waals surface area contributed by atoms with Gasteiger partial charge in [-0.2, -0.15) is 0 Å². The monoisotopic (exact) mass is 352 g/mol. The smallest absolute Gasteiger partial charge is 0.234 e. The third-order valence-corrected chi connectivity index (χ3v) is 4.50. The lowest BCUT2D eigenvalue weighted by atomic mass is 10.2. The molecule has 0 atom stereocenters.